The highest BCUT2D eigenvalue weighted by atomic mass is 32.1. The number of nitrogens with zero attached hydrogens (tertiary/aromatic N) is 3. The second-order valence-electron chi connectivity index (χ2n) is 5.28. The van der Waals surface area contributed by atoms with Crippen molar-refractivity contribution in [2.24, 2.45) is 0 Å². The number of hydrogen-bond acceptors (Lipinski definition) is 5. The Hall–Kier alpha value is -2.80. The minimum absolute atomic E-state index is 0.196. The summed E-state index contributed by atoms with van der Waals surface area (Å²) in [7, 11) is 0. The van der Waals surface area contributed by atoms with Crippen molar-refractivity contribution in [2.45, 2.75) is 13.0 Å². The Balaban J connectivity index is 1.73. The van der Waals surface area contributed by atoms with E-state index in [0.29, 0.717) is 12.1 Å². The molecule has 1 atom stereocenters. The number of hydrogen-bond donors (Lipinski definition) is 1. The third-order valence-electron chi connectivity index (χ3n) is 3.50. The standard InChI is InChI=1S/C17H16N4O2S/c1-12(10-19-17(23)13-4-2-8-18-11-13)21-16(22)7-6-14(20-21)15-5-3-9-24-15/h2-9,11-12H,10H2,1H3,(H,19,23). The molecule has 1 N–H and O–H groups in total. The highest BCUT2D eigenvalue weighted by Gasteiger charge is 2.12. The summed E-state index contributed by atoms with van der Waals surface area (Å²) in [6, 6.07) is 10.2. The normalized spacial score (nSPS) is 11.9. The van der Waals surface area contributed by atoms with Gasteiger partial charge in [0, 0.05) is 25.0 Å². The molecule has 0 spiro atoms. The van der Waals surface area contributed by atoms with E-state index < -0.39 is 0 Å². The molecule has 3 heterocycles. The molecular formula is C17H16N4O2S. The van der Waals surface area contributed by atoms with Crippen LogP contribution < -0.4 is 10.9 Å². The van der Waals surface area contributed by atoms with Gasteiger partial charge in [0.25, 0.3) is 11.5 Å². The molecule has 3 rings (SSSR count). The fourth-order valence-corrected chi connectivity index (χ4v) is 2.91. The zero-order chi connectivity index (χ0) is 16.9. The Bertz CT molecular complexity index is 875. The molecule has 3 aromatic rings. The second-order valence-corrected chi connectivity index (χ2v) is 6.23. The van der Waals surface area contributed by atoms with Crippen LogP contribution in [-0.4, -0.2) is 27.2 Å². The van der Waals surface area contributed by atoms with Gasteiger partial charge in [0.2, 0.25) is 0 Å². The van der Waals surface area contributed by atoms with E-state index >= 15 is 0 Å². The fourth-order valence-electron chi connectivity index (χ4n) is 2.22. The lowest BCUT2D eigenvalue weighted by molar-refractivity contribution is 0.0947. The lowest BCUT2D eigenvalue weighted by Crippen LogP contribution is -2.34. The summed E-state index contributed by atoms with van der Waals surface area (Å²) in [5, 5.41) is 9.18. The summed E-state index contributed by atoms with van der Waals surface area (Å²) in [6.45, 7) is 2.14. The number of carbonyl (C=O) groups excluding carboxylic acids is 1. The molecule has 1 unspecified atom stereocenters. The van der Waals surface area contributed by atoms with Crippen LogP contribution in [0.15, 0.2) is 59.0 Å². The monoisotopic (exact) mass is 340 g/mol. The van der Waals surface area contributed by atoms with Crippen molar-refractivity contribution >= 4 is 17.2 Å². The average Bonchev–Trinajstić information content (AvgIpc) is 3.15. The van der Waals surface area contributed by atoms with Crippen molar-refractivity contribution in [3.05, 3.63) is 70.1 Å². The van der Waals surface area contributed by atoms with Crippen LogP contribution in [0.2, 0.25) is 0 Å². The third-order valence-corrected chi connectivity index (χ3v) is 4.39. The lowest BCUT2D eigenvalue weighted by Gasteiger charge is -2.15. The SMILES string of the molecule is CC(CNC(=O)c1cccnc1)n1nc(-c2cccs2)ccc1=O. The summed E-state index contributed by atoms with van der Waals surface area (Å²) < 4.78 is 1.40. The van der Waals surface area contributed by atoms with Gasteiger partial charge in [-0.3, -0.25) is 14.6 Å². The van der Waals surface area contributed by atoms with Gasteiger partial charge in [-0.15, -0.1) is 11.3 Å². The molecule has 0 aliphatic rings. The molecule has 0 radical (unpaired) electrons. The number of thiophene rings is 1. The van der Waals surface area contributed by atoms with Crippen molar-refractivity contribution in [1.29, 1.82) is 0 Å². The van der Waals surface area contributed by atoms with E-state index in [0.717, 1.165) is 10.6 Å². The first kappa shape index (κ1) is 16.1. The molecule has 0 fully saturated rings. The van der Waals surface area contributed by atoms with Crippen LogP contribution >= 0.6 is 11.3 Å². The maximum atomic E-state index is 12.1. The van der Waals surface area contributed by atoms with Crippen molar-refractivity contribution in [3.8, 4) is 10.6 Å². The Kier molecular flexibility index (Phi) is 4.81. The number of aromatic nitrogens is 3. The molecule has 0 saturated carbocycles. The Labute approximate surface area is 142 Å². The predicted octanol–water partition coefficient (Wildman–Crippen LogP) is 2.36. The third kappa shape index (κ3) is 3.57. The van der Waals surface area contributed by atoms with E-state index in [2.05, 4.69) is 15.4 Å². The number of rotatable bonds is 5. The van der Waals surface area contributed by atoms with Gasteiger partial charge in [-0.25, -0.2) is 4.68 Å². The van der Waals surface area contributed by atoms with E-state index in [4.69, 9.17) is 0 Å². The lowest BCUT2D eigenvalue weighted by atomic mass is 10.2. The molecule has 1 amide bonds. The van der Waals surface area contributed by atoms with Gasteiger partial charge in [0.15, 0.2) is 0 Å². The smallest absolute Gasteiger partial charge is 0.267 e. The average molecular weight is 340 g/mol. The van der Waals surface area contributed by atoms with Crippen LogP contribution in [0.25, 0.3) is 10.6 Å². The van der Waals surface area contributed by atoms with Crippen molar-refractivity contribution in [3.63, 3.8) is 0 Å². The summed E-state index contributed by atoms with van der Waals surface area (Å²) in [5.74, 6) is -0.225. The van der Waals surface area contributed by atoms with E-state index in [1.165, 1.54) is 16.9 Å². The molecule has 24 heavy (non-hydrogen) atoms. The first-order valence-electron chi connectivity index (χ1n) is 7.47. The minimum atomic E-state index is -0.266. The number of amides is 1. The fraction of sp³-hybridized carbons (Fsp3) is 0.176. The largest absolute Gasteiger partial charge is 0.350 e. The van der Waals surface area contributed by atoms with Gasteiger partial charge in [-0.2, -0.15) is 5.10 Å². The van der Waals surface area contributed by atoms with Gasteiger partial charge in [0.05, 0.1) is 16.5 Å². The molecule has 122 valence electrons. The summed E-state index contributed by atoms with van der Waals surface area (Å²) in [5.41, 5.74) is 1.03. The number of nitrogens with one attached hydrogen (secondary N) is 1. The maximum absolute atomic E-state index is 12.1. The van der Waals surface area contributed by atoms with E-state index in [-0.39, 0.29) is 17.5 Å². The van der Waals surface area contributed by atoms with Gasteiger partial charge in [-0.1, -0.05) is 6.07 Å². The quantitative estimate of drug-likeness (QED) is 0.773. The van der Waals surface area contributed by atoms with Gasteiger partial charge in [-0.05, 0) is 36.6 Å². The first-order chi connectivity index (χ1) is 11.6. The van der Waals surface area contributed by atoms with Gasteiger partial charge >= 0.3 is 0 Å². The highest BCUT2D eigenvalue weighted by Crippen LogP contribution is 2.21. The predicted molar refractivity (Wildman–Crippen MR) is 93.1 cm³/mol. The molecule has 0 saturated heterocycles. The van der Waals surface area contributed by atoms with Gasteiger partial charge in [0.1, 0.15) is 5.69 Å². The van der Waals surface area contributed by atoms with E-state index in [1.807, 2.05) is 24.4 Å². The zero-order valence-corrected chi connectivity index (χ0v) is 13.9. The van der Waals surface area contributed by atoms with Crippen molar-refractivity contribution < 1.29 is 4.79 Å². The molecule has 6 nitrogen and oxygen atoms in total. The summed E-state index contributed by atoms with van der Waals surface area (Å²) in [4.78, 5) is 29.1. The second kappa shape index (κ2) is 7.18. The molecule has 3 aromatic heterocycles. The topological polar surface area (TPSA) is 76.9 Å². The molecule has 0 aliphatic carbocycles. The zero-order valence-electron chi connectivity index (χ0n) is 13.0. The summed E-state index contributed by atoms with van der Waals surface area (Å²) in [6.07, 6.45) is 3.11. The molecule has 0 aromatic carbocycles. The Morgan fingerprint density at radius 2 is 2.17 bits per heavy atom. The Morgan fingerprint density at radius 1 is 1.29 bits per heavy atom. The molecular weight excluding hydrogens is 324 g/mol. The highest BCUT2D eigenvalue weighted by molar-refractivity contribution is 7.13. The number of pyridine rings is 1. The van der Waals surface area contributed by atoms with Crippen LogP contribution in [0, 0.1) is 0 Å². The number of carbonyl (C=O) groups is 1. The van der Waals surface area contributed by atoms with E-state index in [9.17, 15) is 9.59 Å². The maximum Gasteiger partial charge on any atom is 0.267 e. The van der Waals surface area contributed by atoms with Gasteiger partial charge < -0.3 is 5.32 Å². The van der Waals surface area contributed by atoms with Crippen LogP contribution in [0.5, 0.6) is 0 Å². The first-order valence-corrected chi connectivity index (χ1v) is 8.35. The Morgan fingerprint density at radius 3 is 2.88 bits per heavy atom. The molecule has 0 bridgehead atoms. The summed E-state index contributed by atoms with van der Waals surface area (Å²) >= 11 is 1.56. The minimum Gasteiger partial charge on any atom is -0.350 e. The van der Waals surface area contributed by atoms with Crippen molar-refractivity contribution in [1.82, 2.24) is 20.1 Å². The van der Waals surface area contributed by atoms with Crippen LogP contribution in [-0.2, 0) is 0 Å². The van der Waals surface area contributed by atoms with E-state index in [1.54, 1.807) is 35.7 Å². The van der Waals surface area contributed by atoms with Crippen LogP contribution in [0.4, 0.5) is 0 Å². The van der Waals surface area contributed by atoms with Crippen molar-refractivity contribution in [2.75, 3.05) is 6.54 Å². The van der Waals surface area contributed by atoms with Crippen LogP contribution in [0.3, 0.4) is 0 Å². The molecule has 0 aliphatic heterocycles. The molecule has 7 heteroatoms. The van der Waals surface area contributed by atoms with Crippen LogP contribution in [0.1, 0.15) is 23.3 Å².